The molecule has 6 nitrogen and oxygen atoms in total. The lowest BCUT2D eigenvalue weighted by Gasteiger charge is -2.36. The fourth-order valence-corrected chi connectivity index (χ4v) is 3.83. The van der Waals surface area contributed by atoms with Crippen LogP contribution in [0.1, 0.15) is 24.5 Å². The van der Waals surface area contributed by atoms with Crippen LogP contribution in [-0.2, 0) is 0 Å². The normalized spacial score (nSPS) is 15.8. The molecule has 1 fully saturated rings. The van der Waals surface area contributed by atoms with Crippen molar-refractivity contribution in [2.45, 2.75) is 25.0 Å². The third-order valence-electron chi connectivity index (χ3n) is 5.62. The molecule has 8 heteroatoms. The first-order valence-electron chi connectivity index (χ1n) is 9.77. The summed E-state index contributed by atoms with van der Waals surface area (Å²) in [4.78, 5) is 9.08. The van der Waals surface area contributed by atoms with Crippen molar-refractivity contribution in [3.63, 3.8) is 0 Å². The van der Waals surface area contributed by atoms with Crippen LogP contribution in [0.4, 0.5) is 6.01 Å². The maximum absolute atomic E-state index is 10.6. The molecule has 2 aromatic carbocycles. The first-order chi connectivity index (χ1) is 13.6. The van der Waals surface area contributed by atoms with Crippen LogP contribution in [0.15, 0.2) is 52.9 Å². The highest BCUT2D eigenvalue weighted by molar-refractivity contribution is 5.85. The Labute approximate surface area is 189 Å². The van der Waals surface area contributed by atoms with Crippen LogP contribution < -0.4 is 9.64 Å². The minimum atomic E-state index is -0.489. The van der Waals surface area contributed by atoms with Gasteiger partial charge in [0.2, 0.25) is 0 Å². The number of likely N-dealkylation sites (tertiary alicyclic amines) is 1. The average molecular weight is 454 g/mol. The number of aliphatic hydroxyl groups excluding tert-OH is 1. The first-order valence-corrected chi connectivity index (χ1v) is 9.77. The standard InChI is InChI=1S/C22H27N3O3.2ClH/c1-24(22-23-19-5-3-4-6-21(19)28-22)17-11-13-25(14-12-17)15-20(26)16-7-9-18(27-2)10-8-16;;/h3-10,17,20,26H,11-15H2,1-2H3;2*1H. The summed E-state index contributed by atoms with van der Waals surface area (Å²) in [5.41, 5.74) is 2.64. The summed E-state index contributed by atoms with van der Waals surface area (Å²) in [6.45, 7) is 2.54. The van der Waals surface area contributed by atoms with Gasteiger partial charge >= 0.3 is 0 Å². The molecule has 0 spiro atoms. The molecule has 0 saturated carbocycles. The number of methoxy groups -OCH3 is 1. The van der Waals surface area contributed by atoms with Crippen molar-refractivity contribution in [2.75, 3.05) is 38.7 Å². The molecule has 3 aromatic rings. The van der Waals surface area contributed by atoms with Crippen molar-refractivity contribution in [3.8, 4) is 5.75 Å². The number of benzene rings is 2. The van der Waals surface area contributed by atoms with Gasteiger partial charge in [-0.3, -0.25) is 0 Å². The molecular weight excluding hydrogens is 425 g/mol. The highest BCUT2D eigenvalue weighted by Crippen LogP contribution is 2.26. The van der Waals surface area contributed by atoms with E-state index in [1.165, 1.54) is 0 Å². The lowest BCUT2D eigenvalue weighted by Crippen LogP contribution is -2.44. The molecule has 2 heterocycles. The van der Waals surface area contributed by atoms with Gasteiger partial charge in [0.05, 0.1) is 13.2 Å². The second kappa shape index (κ2) is 10.9. The quantitative estimate of drug-likeness (QED) is 0.599. The Kier molecular flexibility index (Phi) is 8.79. The number of hydrogen-bond donors (Lipinski definition) is 1. The molecular formula is C22H29Cl2N3O3. The number of para-hydroxylation sites is 2. The van der Waals surface area contributed by atoms with Gasteiger partial charge in [0.25, 0.3) is 6.01 Å². The number of rotatable bonds is 6. The zero-order valence-corrected chi connectivity index (χ0v) is 18.9. The zero-order valence-electron chi connectivity index (χ0n) is 17.2. The predicted molar refractivity (Wildman–Crippen MR) is 124 cm³/mol. The summed E-state index contributed by atoms with van der Waals surface area (Å²) in [5.74, 6) is 0.805. The Hall–Kier alpha value is -1.99. The molecule has 1 unspecified atom stereocenters. The van der Waals surface area contributed by atoms with Gasteiger partial charge in [0.15, 0.2) is 5.58 Å². The van der Waals surface area contributed by atoms with Crippen molar-refractivity contribution in [3.05, 3.63) is 54.1 Å². The first kappa shape index (κ1) is 24.3. The number of aromatic nitrogens is 1. The van der Waals surface area contributed by atoms with E-state index in [0.29, 0.717) is 18.6 Å². The fourth-order valence-electron chi connectivity index (χ4n) is 3.83. The van der Waals surface area contributed by atoms with Gasteiger partial charge in [-0.15, -0.1) is 24.8 Å². The summed E-state index contributed by atoms with van der Waals surface area (Å²) in [7, 11) is 3.70. The van der Waals surface area contributed by atoms with E-state index in [0.717, 1.165) is 48.3 Å². The number of nitrogens with zero attached hydrogens (tertiary/aromatic N) is 3. The van der Waals surface area contributed by atoms with Gasteiger partial charge in [-0.05, 0) is 42.7 Å². The van der Waals surface area contributed by atoms with Crippen LogP contribution in [0, 0.1) is 0 Å². The monoisotopic (exact) mass is 453 g/mol. The lowest BCUT2D eigenvalue weighted by molar-refractivity contribution is 0.0969. The SMILES string of the molecule is COc1ccc(C(O)CN2CCC(N(C)c3nc4ccccc4o3)CC2)cc1.Cl.Cl. The van der Waals surface area contributed by atoms with E-state index in [1.807, 2.05) is 48.5 Å². The smallest absolute Gasteiger partial charge is 0.298 e. The molecule has 1 aromatic heterocycles. The number of oxazole rings is 1. The van der Waals surface area contributed by atoms with Crippen LogP contribution in [0.25, 0.3) is 11.1 Å². The number of fused-ring (bicyclic) bond motifs is 1. The van der Waals surface area contributed by atoms with Crippen molar-refractivity contribution < 1.29 is 14.3 Å². The number of anilines is 1. The van der Waals surface area contributed by atoms with Gasteiger partial charge < -0.3 is 24.1 Å². The van der Waals surface area contributed by atoms with E-state index >= 15 is 0 Å². The Bertz CT molecular complexity index is 878. The van der Waals surface area contributed by atoms with Crippen molar-refractivity contribution >= 4 is 41.9 Å². The Morgan fingerprint density at radius 1 is 1.13 bits per heavy atom. The second-order valence-corrected chi connectivity index (χ2v) is 7.40. The summed E-state index contributed by atoms with van der Waals surface area (Å²) in [5, 5.41) is 10.6. The van der Waals surface area contributed by atoms with E-state index in [2.05, 4.69) is 21.8 Å². The number of β-amino-alcohol motifs (C(OH)–C–C–N with tert-alkyl or cyclic N) is 1. The number of piperidine rings is 1. The van der Waals surface area contributed by atoms with Gasteiger partial charge in [-0.2, -0.15) is 4.98 Å². The van der Waals surface area contributed by atoms with E-state index in [9.17, 15) is 5.11 Å². The van der Waals surface area contributed by atoms with Gasteiger partial charge in [0.1, 0.15) is 11.3 Å². The lowest BCUT2D eigenvalue weighted by atomic mass is 10.0. The number of hydrogen-bond acceptors (Lipinski definition) is 6. The minimum absolute atomic E-state index is 0. The fraction of sp³-hybridized carbons (Fsp3) is 0.409. The highest BCUT2D eigenvalue weighted by Gasteiger charge is 2.26. The van der Waals surface area contributed by atoms with E-state index in [1.54, 1.807) is 7.11 Å². The third kappa shape index (κ3) is 5.38. The van der Waals surface area contributed by atoms with E-state index in [4.69, 9.17) is 9.15 Å². The molecule has 4 rings (SSSR count). The van der Waals surface area contributed by atoms with Crippen molar-refractivity contribution in [1.82, 2.24) is 9.88 Å². The van der Waals surface area contributed by atoms with Gasteiger partial charge in [0, 0.05) is 32.7 Å². The molecule has 0 radical (unpaired) electrons. The minimum Gasteiger partial charge on any atom is -0.497 e. The van der Waals surface area contributed by atoms with Crippen LogP contribution in [0.2, 0.25) is 0 Å². The Morgan fingerprint density at radius 3 is 2.43 bits per heavy atom. The molecule has 164 valence electrons. The van der Waals surface area contributed by atoms with E-state index in [-0.39, 0.29) is 24.8 Å². The Balaban J connectivity index is 0.00000160. The highest BCUT2D eigenvalue weighted by atomic mass is 35.5. The summed E-state index contributed by atoms with van der Waals surface area (Å²) >= 11 is 0. The topological polar surface area (TPSA) is 62.0 Å². The van der Waals surface area contributed by atoms with Crippen LogP contribution in [0.5, 0.6) is 5.75 Å². The third-order valence-corrected chi connectivity index (χ3v) is 5.62. The van der Waals surface area contributed by atoms with E-state index < -0.39 is 6.10 Å². The maximum Gasteiger partial charge on any atom is 0.298 e. The average Bonchev–Trinajstić information content (AvgIpc) is 3.18. The molecule has 1 N–H and O–H groups in total. The Morgan fingerprint density at radius 2 is 1.80 bits per heavy atom. The number of ether oxygens (including phenoxy) is 1. The van der Waals surface area contributed by atoms with Gasteiger partial charge in [-0.25, -0.2) is 0 Å². The molecule has 0 aliphatic carbocycles. The maximum atomic E-state index is 10.6. The summed E-state index contributed by atoms with van der Waals surface area (Å²) < 4.78 is 11.1. The van der Waals surface area contributed by atoms with Crippen molar-refractivity contribution in [2.24, 2.45) is 0 Å². The molecule has 0 amide bonds. The molecule has 0 bridgehead atoms. The molecule has 1 aliphatic rings. The van der Waals surface area contributed by atoms with Crippen LogP contribution in [-0.4, -0.2) is 54.8 Å². The molecule has 1 saturated heterocycles. The molecule has 30 heavy (non-hydrogen) atoms. The largest absolute Gasteiger partial charge is 0.497 e. The predicted octanol–water partition coefficient (Wildman–Crippen LogP) is 4.31. The summed E-state index contributed by atoms with van der Waals surface area (Å²) in [6.07, 6.45) is 1.55. The van der Waals surface area contributed by atoms with Crippen LogP contribution >= 0.6 is 24.8 Å². The molecule has 1 aliphatic heterocycles. The second-order valence-electron chi connectivity index (χ2n) is 7.40. The molecule has 1 atom stereocenters. The number of halogens is 2. The summed E-state index contributed by atoms with van der Waals surface area (Å²) in [6, 6.07) is 16.6. The van der Waals surface area contributed by atoms with Crippen LogP contribution in [0.3, 0.4) is 0 Å². The zero-order chi connectivity index (χ0) is 19.5. The van der Waals surface area contributed by atoms with Gasteiger partial charge in [-0.1, -0.05) is 24.3 Å². The number of aliphatic hydroxyl groups is 1. The van der Waals surface area contributed by atoms with Crippen molar-refractivity contribution in [1.29, 1.82) is 0 Å².